The van der Waals surface area contributed by atoms with Gasteiger partial charge in [0.05, 0.1) is 5.56 Å². The van der Waals surface area contributed by atoms with E-state index in [0.29, 0.717) is 15.6 Å². The number of amides is 1. The number of pyridine rings is 1. The van der Waals surface area contributed by atoms with Crippen molar-refractivity contribution < 1.29 is 4.79 Å². The molecule has 0 radical (unpaired) electrons. The summed E-state index contributed by atoms with van der Waals surface area (Å²) >= 11 is 3.36. The molecule has 1 aliphatic heterocycles. The highest BCUT2D eigenvalue weighted by Gasteiger charge is 2.42. The van der Waals surface area contributed by atoms with Gasteiger partial charge in [-0.15, -0.1) is 0 Å². The summed E-state index contributed by atoms with van der Waals surface area (Å²) in [4.78, 5) is 18.6. The molecular weight excluding hydrogens is 292 g/mol. The van der Waals surface area contributed by atoms with Crippen molar-refractivity contribution in [2.45, 2.75) is 32.1 Å². The van der Waals surface area contributed by atoms with Crippen LogP contribution in [0.2, 0.25) is 0 Å². The van der Waals surface area contributed by atoms with Gasteiger partial charge in [0.15, 0.2) is 0 Å². The molecule has 1 saturated heterocycles. The molecule has 1 spiro atoms. The molecule has 0 bridgehead atoms. The Labute approximate surface area is 116 Å². The summed E-state index contributed by atoms with van der Waals surface area (Å²) in [6.45, 7) is 1.84. The normalized spacial score (nSPS) is 21.7. The quantitative estimate of drug-likeness (QED) is 0.746. The smallest absolute Gasteiger partial charge is 0.256 e. The van der Waals surface area contributed by atoms with E-state index in [2.05, 4.69) is 20.9 Å². The van der Waals surface area contributed by atoms with E-state index in [0.717, 1.165) is 13.1 Å². The van der Waals surface area contributed by atoms with Crippen molar-refractivity contribution in [2.75, 3.05) is 13.1 Å². The topological polar surface area (TPSA) is 33.2 Å². The highest BCUT2D eigenvalue weighted by Crippen LogP contribution is 2.45. The molecule has 2 aliphatic rings. The first-order chi connectivity index (χ1) is 8.70. The number of aromatic nitrogens is 1. The van der Waals surface area contributed by atoms with Gasteiger partial charge in [0.1, 0.15) is 4.60 Å². The second-order valence-corrected chi connectivity index (χ2v) is 6.28. The lowest BCUT2D eigenvalue weighted by atomic mass is 9.86. The van der Waals surface area contributed by atoms with Crippen molar-refractivity contribution >= 4 is 21.8 Å². The van der Waals surface area contributed by atoms with Gasteiger partial charge in [0.2, 0.25) is 0 Å². The number of carbonyl (C=O) groups is 1. The second kappa shape index (κ2) is 4.65. The third kappa shape index (κ3) is 2.07. The average molecular weight is 309 g/mol. The summed E-state index contributed by atoms with van der Waals surface area (Å²) in [5.74, 6) is 0.124. The molecule has 1 aromatic rings. The molecule has 0 N–H and O–H groups in total. The molecule has 2 heterocycles. The predicted octanol–water partition coefficient (Wildman–Crippen LogP) is 3.25. The molecule has 0 unspecified atom stereocenters. The van der Waals surface area contributed by atoms with Gasteiger partial charge in [0, 0.05) is 19.3 Å². The maximum atomic E-state index is 12.5. The SMILES string of the molecule is O=C(c1cccnc1Br)N1CCC2(CCCC2)C1. The number of rotatable bonds is 1. The first kappa shape index (κ1) is 12.2. The number of halogens is 1. The van der Waals surface area contributed by atoms with Crippen LogP contribution in [0.5, 0.6) is 0 Å². The van der Waals surface area contributed by atoms with E-state index in [1.807, 2.05) is 17.0 Å². The molecule has 1 aliphatic carbocycles. The van der Waals surface area contributed by atoms with E-state index in [-0.39, 0.29) is 5.91 Å². The maximum Gasteiger partial charge on any atom is 0.256 e. The highest BCUT2D eigenvalue weighted by molar-refractivity contribution is 9.10. The summed E-state index contributed by atoms with van der Waals surface area (Å²) in [6.07, 6.45) is 8.13. The van der Waals surface area contributed by atoms with Crippen molar-refractivity contribution in [3.8, 4) is 0 Å². The molecule has 18 heavy (non-hydrogen) atoms. The van der Waals surface area contributed by atoms with E-state index >= 15 is 0 Å². The standard InChI is InChI=1S/C14H17BrN2O/c15-12-11(4-3-8-16-12)13(18)17-9-7-14(10-17)5-1-2-6-14/h3-4,8H,1-2,5-7,9-10H2. The van der Waals surface area contributed by atoms with E-state index < -0.39 is 0 Å². The van der Waals surface area contributed by atoms with E-state index in [1.54, 1.807) is 6.20 Å². The Balaban J connectivity index is 1.77. The second-order valence-electron chi connectivity index (χ2n) is 5.53. The molecule has 96 valence electrons. The van der Waals surface area contributed by atoms with Gasteiger partial charge in [-0.05, 0) is 52.7 Å². The Bertz CT molecular complexity index is 469. The van der Waals surface area contributed by atoms with Crippen LogP contribution in [0.3, 0.4) is 0 Å². The summed E-state index contributed by atoms with van der Waals surface area (Å²) in [5.41, 5.74) is 1.12. The summed E-state index contributed by atoms with van der Waals surface area (Å²) in [7, 11) is 0. The lowest BCUT2D eigenvalue weighted by Gasteiger charge is -2.23. The van der Waals surface area contributed by atoms with E-state index in [4.69, 9.17) is 0 Å². The Hall–Kier alpha value is -0.900. The van der Waals surface area contributed by atoms with Crippen molar-refractivity contribution in [3.05, 3.63) is 28.5 Å². The number of carbonyl (C=O) groups excluding carboxylic acids is 1. The van der Waals surface area contributed by atoms with Crippen molar-refractivity contribution in [1.82, 2.24) is 9.88 Å². The summed E-state index contributed by atoms with van der Waals surface area (Å²) in [5, 5.41) is 0. The van der Waals surface area contributed by atoms with E-state index in [1.165, 1.54) is 32.1 Å². The zero-order valence-corrected chi connectivity index (χ0v) is 11.9. The molecule has 2 fully saturated rings. The van der Waals surface area contributed by atoms with Gasteiger partial charge in [-0.25, -0.2) is 4.98 Å². The van der Waals surface area contributed by atoms with Crippen LogP contribution in [-0.2, 0) is 0 Å². The molecule has 3 nitrogen and oxygen atoms in total. The highest BCUT2D eigenvalue weighted by atomic mass is 79.9. The third-order valence-electron chi connectivity index (χ3n) is 4.38. The van der Waals surface area contributed by atoms with Crippen LogP contribution < -0.4 is 0 Å². The van der Waals surface area contributed by atoms with Gasteiger partial charge in [-0.3, -0.25) is 4.79 Å². The molecule has 1 aromatic heterocycles. The minimum absolute atomic E-state index is 0.124. The number of nitrogens with zero attached hydrogens (tertiary/aromatic N) is 2. The molecule has 1 saturated carbocycles. The van der Waals surface area contributed by atoms with Crippen LogP contribution in [0.25, 0.3) is 0 Å². The fraction of sp³-hybridized carbons (Fsp3) is 0.571. The monoisotopic (exact) mass is 308 g/mol. The number of hydrogen-bond acceptors (Lipinski definition) is 2. The van der Waals surface area contributed by atoms with Gasteiger partial charge in [-0.1, -0.05) is 12.8 Å². The zero-order chi connectivity index (χ0) is 12.6. The minimum atomic E-state index is 0.124. The lowest BCUT2D eigenvalue weighted by Crippen LogP contribution is -2.31. The zero-order valence-electron chi connectivity index (χ0n) is 10.4. The van der Waals surface area contributed by atoms with Gasteiger partial charge < -0.3 is 4.90 Å². The Morgan fingerprint density at radius 2 is 2.11 bits per heavy atom. The van der Waals surface area contributed by atoms with Crippen molar-refractivity contribution in [1.29, 1.82) is 0 Å². The first-order valence-electron chi connectivity index (χ1n) is 6.60. The number of likely N-dealkylation sites (tertiary alicyclic amines) is 1. The average Bonchev–Trinajstić information content (AvgIpc) is 3.00. The van der Waals surface area contributed by atoms with Crippen LogP contribution in [0, 0.1) is 5.41 Å². The van der Waals surface area contributed by atoms with Gasteiger partial charge in [-0.2, -0.15) is 0 Å². The van der Waals surface area contributed by atoms with Crippen LogP contribution >= 0.6 is 15.9 Å². The fourth-order valence-corrected chi connectivity index (χ4v) is 3.78. The molecule has 0 atom stereocenters. The van der Waals surface area contributed by atoms with Crippen LogP contribution in [0.4, 0.5) is 0 Å². The number of hydrogen-bond donors (Lipinski definition) is 0. The Morgan fingerprint density at radius 3 is 2.83 bits per heavy atom. The van der Waals surface area contributed by atoms with Crippen LogP contribution in [0.1, 0.15) is 42.5 Å². The molecule has 1 amide bonds. The van der Waals surface area contributed by atoms with Crippen molar-refractivity contribution in [2.24, 2.45) is 5.41 Å². The van der Waals surface area contributed by atoms with Crippen molar-refractivity contribution in [3.63, 3.8) is 0 Å². The lowest BCUT2D eigenvalue weighted by molar-refractivity contribution is 0.0772. The maximum absolute atomic E-state index is 12.5. The van der Waals surface area contributed by atoms with E-state index in [9.17, 15) is 4.79 Å². The van der Waals surface area contributed by atoms with Crippen LogP contribution in [0.15, 0.2) is 22.9 Å². The molecule has 3 rings (SSSR count). The molecule has 0 aromatic carbocycles. The Morgan fingerprint density at radius 1 is 1.33 bits per heavy atom. The largest absolute Gasteiger partial charge is 0.338 e. The third-order valence-corrected chi connectivity index (χ3v) is 5.01. The van der Waals surface area contributed by atoms with Gasteiger partial charge in [0.25, 0.3) is 5.91 Å². The summed E-state index contributed by atoms with van der Waals surface area (Å²) in [6, 6.07) is 3.67. The first-order valence-corrected chi connectivity index (χ1v) is 7.39. The summed E-state index contributed by atoms with van der Waals surface area (Å²) < 4.78 is 0.655. The Kier molecular flexibility index (Phi) is 3.14. The minimum Gasteiger partial charge on any atom is -0.338 e. The molecule has 4 heteroatoms. The van der Waals surface area contributed by atoms with Crippen LogP contribution in [-0.4, -0.2) is 28.9 Å². The fourth-order valence-electron chi connectivity index (χ4n) is 3.36. The van der Waals surface area contributed by atoms with Gasteiger partial charge >= 0.3 is 0 Å². The predicted molar refractivity (Wildman–Crippen MR) is 73.4 cm³/mol. The molecular formula is C14H17BrN2O.